The zero-order chi connectivity index (χ0) is 39.5. The predicted molar refractivity (Wildman–Crippen MR) is 249 cm³/mol. The quantitative estimate of drug-likeness (QED) is 0.164. The van der Waals surface area contributed by atoms with Crippen molar-refractivity contribution in [2.75, 3.05) is 0 Å². The Balaban J connectivity index is 0.992. The number of benzene rings is 9. The summed E-state index contributed by atoms with van der Waals surface area (Å²) >= 11 is 0. The molecule has 4 heteroatoms. The van der Waals surface area contributed by atoms with Crippen LogP contribution in [0, 0.1) is 0 Å². The Morgan fingerprint density at radius 3 is 1.38 bits per heavy atom. The summed E-state index contributed by atoms with van der Waals surface area (Å²) in [6, 6.07) is 71.6. The number of pyridine rings is 1. The second-order valence-corrected chi connectivity index (χ2v) is 16.1. The first-order chi connectivity index (χ1) is 29.7. The van der Waals surface area contributed by atoms with Gasteiger partial charge in [-0.25, -0.2) is 0 Å². The molecule has 0 saturated carbocycles. The molecule has 3 aromatic heterocycles. The van der Waals surface area contributed by atoms with Gasteiger partial charge in [-0.1, -0.05) is 109 Å². The smallest absolute Gasteiger partial charge is 0.263 e. The van der Waals surface area contributed by atoms with Gasteiger partial charge in [0.1, 0.15) is 0 Å². The molecule has 0 atom stereocenters. The number of hydrogen-bond acceptors (Lipinski definition) is 1. The molecular formula is C56H35N3O. The third-order valence-corrected chi connectivity index (χ3v) is 12.8. The summed E-state index contributed by atoms with van der Waals surface area (Å²) in [7, 11) is 0. The molecule has 280 valence electrons. The van der Waals surface area contributed by atoms with Crippen LogP contribution in [0.4, 0.5) is 0 Å². The SMILES string of the molecule is O=c1c2ccccc2c2cc(-c3ccc4c(c3)c3ccccc3n4-c3ccccc3)cc3c2n1-c1ccc(-c2ccc4c(c2)c2ccccc2n4-c2ccccc2)cc1C3. The van der Waals surface area contributed by atoms with Crippen molar-refractivity contribution in [1.82, 2.24) is 13.7 Å². The molecule has 0 bridgehead atoms. The van der Waals surface area contributed by atoms with Crippen molar-refractivity contribution in [3.05, 3.63) is 222 Å². The Morgan fingerprint density at radius 1 is 0.317 bits per heavy atom. The number of para-hydroxylation sites is 4. The number of nitrogens with zero attached hydrogens (tertiary/aromatic N) is 3. The fourth-order valence-corrected chi connectivity index (χ4v) is 10.2. The van der Waals surface area contributed by atoms with Gasteiger partial charge in [0.15, 0.2) is 0 Å². The largest absolute Gasteiger partial charge is 0.309 e. The van der Waals surface area contributed by atoms with E-state index in [4.69, 9.17) is 0 Å². The van der Waals surface area contributed by atoms with E-state index in [2.05, 4.69) is 191 Å². The fraction of sp³-hybridized carbons (Fsp3) is 0.0179. The van der Waals surface area contributed by atoms with Crippen molar-refractivity contribution >= 4 is 65.3 Å². The molecule has 0 aliphatic carbocycles. The third kappa shape index (κ3) is 4.70. The predicted octanol–water partition coefficient (Wildman–Crippen LogP) is 13.6. The standard InChI is InChI=1S/C56H35N3O/c60-56-46-20-8-7-17-43(46)49-34-38(37-25-28-54-48(33-37)45-19-10-12-22-52(45)58(54)42-15-5-2-6-16-42)30-40-31-39-29-35(23-26-50(39)59(56)55(40)49)36-24-27-53-47(32-36)44-18-9-11-21-51(44)57(53)41-13-3-1-4-14-41/h1-30,32-34H,31H2. The summed E-state index contributed by atoms with van der Waals surface area (Å²) in [4.78, 5) is 14.6. The van der Waals surface area contributed by atoms with Gasteiger partial charge in [0.05, 0.1) is 33.3 Å². The monoisotopic (exact) mass is 765 g/mol. The highest BCUT2D eigenvalue weighted by Crippen LogP contribution is 2.42. The van der Waals surface area contributed by atoms with Crippen LogP contribution < -0.4 is 5.56 Å². The highest BCUT2D eigenvalue weighted by molar-refractivity contribution is 6.13. The Labute approximate surface area is 345 Å². The summed E-state index contributed by atoms with van der Waals surface area (Å²) < 4.78 is 6.69. The summed E-state index contributed by atoms with van der Waals surface area (Å²) in [6.45, 7) is 0. The van der Waals surface area contributed by atoms with E-state index in [1.54, 1.807) is 0 Å². The third-order valence-electron chi connectivity index (χ3n) is 12.8. The van der Waals surface area contributed by atoms with E-state index in [1.165, 1.54) is 43.6 Å². The minimum atomic E-state index is 0.0195. The normalized spacial score (nSPS) is 12.3. The van der Waals surface area contributed by atoms with Crippen LogP contribution in [0.1, 0.15) is 11.1 Å². The zero-order valence-electron chi connectivity index (χ0n) is 32.5. The molecule has 60 heavy (non-hydrogen) atoms. The molecule has 0 radical (unpaired) electrons. The Morgan fingerprint density at radius 2 is 0.767 bits per heavy atom. The average Bonchev–Trinajstić information content (AvgIpc) is 3.82. The van der Waals surface area contributed by atoms with Crippen molar-refractivity contribution in [3.8, 4) is 39.3 Å². The number of hydrogen-bond donors (Lipinski definition) is 0. The van der Waals surface area contributed by atoms with Crippen molar-refractivity contribution in [2.45, 2.75) is 6.42 Å². The van der Waals surface area contributed by atoms with Crippen molar-refractivity contribution in [1.29, 1.82) is 0 Å². The molecule has 0 saturated heterocycles. The van der Waals surface area contributed by atoms with E-state index in [9.17, 15) is 4.79 Å². The van der Waals surface area contributed by atoms with Gasteiger partial charge in [-0.3, -0.25) is 9.36 Å². The van der Waals surface area contributed by atoms with Crippen LogP contribution >= 0.6 is 0 Å². The lowest BCUT2D eigenvalue weighted by atomic mass is 9.89. The van der Waals surface area contributed by atoms with Gasteiger partial charge < -0.3 is 9.13 Å². The highest BCUT2D eigenvalue weighted by atomic mass is 16.1. The maximum Gasteiger partial charge on any atom is 0.263 e. The van der Waals surface area contributed by atoms with E-state index >= 15 is 0 Å². The number of rotatable bonds is 4. The van der Waals surface area contributed by atoms with Gasteiger partial charge in [-0.15, -0.1) is 0 Å². The second kappa shape index (κ2) is 12.5. The van der Waals surface area contributed by atoms with Crippen molar-refractivity contribution in [2.24, 2.45) is 0 Å². The average molecular weight is 766 g/mol. The lowest BCUT2D eigenvalue weighted by molar-refractivity contribution is 0.978. The molecule has 1 aliphatic heterocycles. The molecule has 4 heterocycles. The lowest BCUT2D eigenvalue weighted by Gasteiger charge is -2.25. The van der Waals surface area contributed by atoms with Gasteiger partial charge in [0.2, 0.25) is 0 Å². The summed E-state index contributed by atoms with van der Waals surface area (Å²) in [5.74, 6) is 0. The zero-order valence-corrected chi connectivity index (χ0v) is 32.5. The highest BCUT2D eigenvalue weighted by Gasteiger charge is 2.24. The molecule has 4 nitrogen and oxygen atoms in total. The molecule has 0 amide bonds. The summed E-state index contributed by atoms with van der Waals surface area (Å²) in [6.07, 6.45) is 0.719. The van der Waals surface area contributed by atoms with E-state index in [0.717, 1.165) is 78.5 Å². The van der Waals surface area contributed by atoms with Gasteiger partial charge >= 0.3 is 0 Å². The molecule has 0 spiro atoms. The van der Waals surface area contributed by atoms with Gasteiger partial charge in [-0.2, -0.15) is 0 Å². The number of fused-ring (bicyclic) bond motifs is 10. The molecule has 0 unspecified atom stereocenters. The van der Waals surface area contributed by atoms with Crippen LogP contribution in [0.15, 0.2) is 205 Å². The second-order valence-electron chi connectivity index (χ2n) is 16.1. The van der Waals surface area contributed by atoms with E-state index < -0.39 is 0 Å². The van der Waals surface area contributed by atoms with Gasteiger partial charge in [0, 0.05) is 50.1 Å². The minimum absolute atomic E-state index is 0.0195. The minimum Gasteiger partial charge on any atom is -0.309 e. The molecule has 1 aliphatic rings. The lowest BCUT2D eigenvalue weighted by Crippen LogP contribution is -2.24. The summed E-state index contributed by atoms with van der Waals surface area (Å²) in [5, 5.41) is 7.70. The topological polar surface area (TPSA) is 31.9 Å². The molecule has 9 aromatic carbocycles. The van der Waals surface area contributed by atoms with E-state index in [1.807, 2.05) is 22.8 Å². The van der Waals surface area contributed by atoms with Crippen LogP contribution in [0.2, 0.25) is 0 Å². The first-order valence-electron chi connectivity index (χ1n) is 20.6. The fourth-order valence-electron chi connectivity index (χ4n) is 10.2. The number of aromatic nitrogens is 3. The Kier molecular flexibility index (Phi) is 6.90. The van der Waals surface area contributed by atoms with Crippen LogP contribution in [-0.2, 0) is 6.42 Å². The maximum atomic E-state index is 14.6. The van der Waals surface area contributed by atoms with E-state index in [-0.39, 0.29) is 5.56 Å². The molecule has 13 rings (SSSR count). The van der Waals surface area contributed by atoms with E-state index in [0.29, 0.717) is 0 Å². The van der Waals surface area contributed by atoms with Gasteiger partial charge in [-0.05, 0) is 130 Å². The maximum absolute atomic E-state index is 14.6. The molecule has 0 fully saturated rings. The molecular weight excluding hydrogens is 731 g/mol. The molecule has 0 N–H and O–H groups in total. The van der Waals surface area contributed by atoms with Crippen LogP contribution in [-0.4, -0.2) is 13.7 Å². The first-order valence-corrected chi connectivity index (χ1v) is 20.6. The first kappa shape index (κ1) is 33.1. The molecule has 12 aromatic rings. The summed E-state index contributed by atoms with van der Waals surface area (Å²) in [5.41, 5.74) is 15.9. The van der Waals surface area contributed by atoms with Crippen LogP contribution in [0.25, 0.3) is 105 Å². The Bertz CT molecular complexity index is 3810. The van der Waals surface area contributed by atoms with Gasteiger partial charge in [0.25, 0.3) is 5.56 Å². The van der Waals surface area contributed by atoms with Crippen molar-refractivity contribution < 1.29 is 0 Å². The van der Waals surface area contributed by atoms with Crippen LogP contribution in [0.5, 0.6) is 0 Å². The van der Waals surface area contributed by atoms with Crippen LogP contribution in [0.3, 0.4) is 0 Å². The Hall–Kier alpha value is -7.95. The van der Waals surface area contributed by atoms with Crippen molar-refractivity contribution in [3.63, 3.8) is 0 Å².